The minimum atomic E-state index is -1.44. The van der Waals surface area contributed by atoms with Gasteiger partial charge in [0.1, 0.15) is 18.8 Å². The Kier molecular flexibility index (Phi) is 12.2. The summed E-state index contributed by atoms with van der Waals surface area (Å²) in [6.45, 7) is 8.94. The molecule has 0 aliphatic heterocycles. The van der Waals surface area contributed by atoms with Gasteiger partial charge in [0.05, 0.1) is 24.3 Å². The van der Waals surface area contributed by atoms with Crippen LogP contribution in [-0.4, -0.2) is 78.6 Å². The second-order valence-electron chi connectivity index (χ2n) is 8.30. The average molecular weight is 548 g/mol. The zero-order chi connectivity index (χ0) is 29.8. The van der Waals surface area contributed by atoms with Gasteiger partial charge in [-0.3, -0.25) is 9.59 Å². The molecule has 1 rings (SSSR count). The molecule has 1 amide bonds. The minimum absolute atomic E-state index is 0.0228. The third kappa shape index (κ3) is 10.2. The lowest BCUT2D eigenvalue weighted by Crippen LogP contribution is -2.53. The van der Waals surface area contributed by atoms with E-state index >= 15 is 0 Å². The average Bonchev–Trinajstić information content (AvgIpc) is 2.88. The smallest absolute Gasteiger partial charge is 0.407 e. The number of hydrogen-bond acceptors (Lipinski definition) is 11. The predicted octanol–water partition coefficient (Wildman–Crippen LogP) is 2.28. The van der Waals surface area contributed by atoms with E-state index in [2.05, 4.69) is 18.5 Å². The summed E-state index contributed by atoms with van der Waals surface area (Å²) in [5, 5.41) is 11.7. The molecule has 0 saturated heterocycles. The van der Waals surface area contributed by atoms with Gasteiger partial charge in [-0.1, -0.05) is 13.2 Å². The van der Waals surface area contributed by atoms with Gasteiger partial charge in [0.2, 0.25) is 0 Å². The number of carboxylic acid groups (broad SMARTS) is 1. The van der Waals surface area contributed by atoms with Crippen LogP contribution in [0, 0.1) is 0 Å². The Hall–Kier alpha value is -4.81. The molecule has 0 fully saturated rings. The van der Waals surface area contributed by atoms with Gasteiger partial charge in [0.15, 0.2) is 11.6 Å². The number of ether oxygens (including phenoxy) is 4. The molecule has 2 N–H and O–H groups in total. The van der Waals surface area contributed by atoms with E-state index in [9.17, 15) is 38.7 Å². The van der Waals surface area contributed by atoms with Crippen molar-refractivity contribution in [1.29, 1.82) is 0 Å². The highest BCUT2D eigenvalue weighted by Crippen LogP contribution is 2.20. The van der Waals surface area contributed by atoms with E-state index in [1.807, 2.05) is 0 Å². The van der Waals surface area contributed by atoms with Crippen molar-refractivity contribution >= 4 is 41.5 Å². The molecule has 0 aliphatic rings. The lowest BCUT2D eigenvalue weighted by molar-refractivity contribution is -0.144. The molecule has 0 radical (unpaired) electrons. The van der Waals surface area contributed by atoms with E-state index in [1.165, 1.54) is 6.92 Å². The largest absolute Gasteiger partial charge is 0.478 e. The number of carbonyl (C=O) groups excluding carboxylic acids is 6. The van der Waals surface area contributed by atoms with E-state index in [1.54, 1.807) is 0 Å². The summed E-state index contributed by atoms with van der Waals surface area (Å²) in [4.78, 5) is 82.9. The highest BCUT2D eigenvalue weighted by atomic mass is 16.6. The number of rotatable bonds is 15. The normalized spacial score (nSPS) is 10.4. The lowest BCUT2D eigenvalue weighted by Gasteiger charge is -2.28. The summed E-state index contributed by atoms with van der Waals surface area (Å²) in [5.41, 5.74) is -2.56. The fraction of sp³-hybridized carbons (Fsp3) is 0.346. The van der Waals surface area contributed by atoms with Crippen LogP contribution < -0.4 is 5.32 Å². The summed E-state index contributed by atoms with van der Waals surface area (Å²) in [6.07, 6.45) is 0.893. The van der Waals surface area contributed by atoms with Gasteiger partial charge in [-0.2, -0.15) is 0 Å². The summed E-state index contributed by atoms with van der Waals surface area (Å²) in [7, 11) is 0. The molecular formula is C26H29NO12. The Bertz CT molecular complexity index is 1160. The molecule has 0 unspecified atom stereocenters. The molecule has 0 aliphatic carbocycles. The maximum Gasteiger partial charge on any atom is 0.407 e. The van der Waals surface area contributed by atoms with E-state index in [0.29, 0.717) is 0 Å². The van der Waals surface area contributed by atoms with Crippen LogP contribution in [0.15, 0.2) is 37.4 Å². The molecule has 13 heteroatoms. The molecule has 0 atom stereocenters. The van der Waals surface area contributed by atoms with Crippen molar-refractivity contribution in [3.63, 3.8) is 0 Å². The standard InChI is InChI=1S/C26H29NO12/c1-6-21(30)38-13-26(5,14-39-22(31)7-2)27-25(35)37-10-8-9-36-24(34)20-12-17(15(3)28)19(23(32)33)11-18(20)16(4)29/h6-7,11-12H,1-2,8-10,13-14H2,3-5H3,(H,27,35)(H,32,33). The first-order valence-electron chi connectivity index (χ1n) is 11.4. The van der Waals surface area contributed by atoms with Crippen LogP contribution >= 0.6 is 0 Å². The van der Waals surface area contributed by atoms with Crippen molar-refractivity contribution in [3.8, 4) is 0 Å². The van der Waals surface area contributed by atoms with Crippen LogP contribution in [0.2, 0.25) is 0 Å². The second-order valence-corrected chi connectivity index (χ2v) is 8.30. The molecule has 0 saturated carbocycles. The van der Waals surface area contributed by atoms with Crippen molar-refractivity contribution in [2.45, 2.75) is 32.7 Å². The number of benzene rings is 1. The fourth-order valence-corrected chi connectivity index (χ4v) is 2.97. The van der Waals surface area contributed by atoms with Gasteiger partial charge in [-0.05, 0) is 32.9 Å². The molecule has 13 nitrogen and oxygen atoms in total. The SMILES string of the molecule is C=CC(=O)OCC(C)(COC(=O)C=C)NC(=O)OCCCOC(=O)c1cc(C(C)=O)c(C(=O)O)cc1C(C)=O. The number of aromatic carboxylic acids is 1. The van der Waals surface area contributed by atoms with Crippen molar-refractivity contribution in [1.82, 2.24) is 5.32 Å². The molecule has 1 aromatic carbocycles. The molecule has 0 spiro atoms. The van der Waals surface area contributed by atoms with Crippen LogP contribution in [0.1, 0.15) is 68.6 Å². The first-order valence-corrected chi connectivity index (χ1v) is 11.4. The van der Waals surface area contributed by atoms with Crippen molar-refractivity contribution in [2.75, 3.05) is 26.4 Å². The van der Waals surface area contributed by atoms with Crippen molar-refractivity contribution in [3.05, 3.63) is 59.7 Å². The molecule has 39 heavy (non-hydrogen) atoms. The summed E-state index contributed by atoms with van der Waals surface area (Å²) >= 11 is 0. The predicted molar refractivity (Wildman–Crippen MR) is 134 cm³/mol. The maximum absolute atomic E-state index is 12.6. The third-order valence-corrected chi connectivity index (χ3v) is 4.92. The van der Waals surface area contributed by atoms with Gasteiger partial charge >= 0.3 is 30.0 Å². The highest BCUT2D eigenvalue weighted by molar-refractivity contribution is 6.12. The summed E-state index contributed by atoms with van der Waals surface area (Å²) in [5.74, 6) is -5.19. The number of carbonyl (C=O) groups is 7. The number of amides is 1. The van der Waals surface area contributed by atoms with Crippen molar-refractivity contribution < 1.29 is 57.6 Å². The Labute approximate surface area is 223 Å². The highest BCUT2D eigenvalue weighted by Gasteiger charge is 2.31. The Morgan fingerprint density at radius 3 is 1.72 bits per heavy atom. The minimum Gasteiger partial charge on any atom is -0.478 e. The molecule has 0 aromatic heterocycles. The molecule has 0 heterocycles. The van der Waals surface area contributed by atoms with Gasteiger partial charge in [-0.15, -0.1) is 0 Å². The molecule has 1 aromatic rings. The van der Waals surface area contributed by atoms with Crippen LogP contribution in [0.25, 0.3) is 0 Å². The quantitative estimate of drug-likeness (QED) is 0.107. The molecular weight excluding hydrogens is 518 g/mol. The van der Waals surface area contributed by atoms with Crippen LogP contribution in [0.5, 0.6) is 0 Å². The van der Waals surface area contributed by atoms with Gasteiger partial charge in [-0.25, -0.2) is 24.0 Å². The zero-order valence-electron chi connectivity index (χ0n) is 21.7. The third-order valence-electron chi connectivity index (χ3n) is 4.92. The van der Waals surface area contributed by atoms with E-state index in [0.717, 1.165) is 38.1 Å². The number of alkyl carbamates (subject to hydrolysis) is 1. The summed E-state index contributed by atoms with van der Waals surface area (Å²) < 4.78 is 20.0. The van der Waals surface area contributed by atoms with E-state index < -0.39 is 52.6 Å². The van der Waals surface area contributed by atoms with Crippen LogP contribution in [-0.2, 0) is 28.5 Å². The van der Waals surface area contributed by atoms with Crippen molar-refractivity contribution in [2.24, 2.45) is 0 Å². The topological polar surface area (TPSA) is 189 Å². The summed E-state index contributed by atoms with van der Waals surface area (Å²) in [6, 6.07) is 1.94. The Morgan fingerprint density at radius 2 is 1.26 bits per heavy atom. The molecule has 0 bridgehead atoms. The van der Waals surface area contributed by atoms with E-state index in [-0.39, 0.29) is 49.5 Å². The number of ketones is 2. The van der Waals surface area contributed by atoms with Gasteiger partial charge in [0, 0.05) is 29.7 Å². The number of Topliss-reactive ketones (excluding diaryl/α,β-unsaturated/α-hetero) is 2. The molecule has 210 valence electrons. The number of nitrogens with one attached hydrogen (secondary N) is 1. The van der Waals surface area contributed by atoms with Crippen LogP contribution in [0.3, 0.4) is 0 Å². The number of carboxylic acids is 1. The monoisotopic (exact) mass is 547 g/mol. The van der Waals surface area contributed by atoms with Gasteiger partial charge < -0.3 is 29.4 Å². The first kappa shape index (κ1) is 32.2. The van der Waals surface area contributed by atoms with E-state index in [4.69, 9.17) is 18.9 Å². The number of esters is 3. The number of hydrogen-bond donors (Lipinski definition) is 2. The maximum atomic E-state index is 12.6. The fourth-order valence-electron chi connectivity index (χ4n) is 2.97. The Morgan fingerprint density at radius 1 is 0.795 bits per heavy atom. The van der Waals surface area contributed by atoms with Crippen LogP contribution in [0.4, 0.5) is 4.79 Å². The Balaban J connectivity index is 2.76. The zero-order valence-corrected chi connectivity index (χ0v) is 21.7. The second kappa shape index (κ2) is 14.8. The lowest BCUT2D eigenvalue weighted by atomic mass is 9.94. The first-order chi connectivity index (χ1) is 18.2. The van der Waals surface area contributed by atoms with Gasteiger partial charge in [0.25, 0.3) is 0 Å².